The number of Topliss-reactive ketones (excluding diaryl/α,β-unsaturated/α-hetero) is 1. The molecule has 27 heavy (non-hydrogen) atoms. The van der Waals surface area contributed by atoms with Gasteiger partial charge in [-0.25, -0.2) is 4.98 Å². The normalized spacial score (nSPS) is 10.8. The monoisotopic (exact) mass is 383 g/mol. The zero-order valence-electron chi connectivity index (χ0n) is 15.5. The lowest BCUT2D eigenvalue weighted by molar-refractivity contribution is -0.116. The minimum absolute atomic E-state index is 0.0219. The molecular weight excluding hydrogens is 362 g/mol. The second kappa shape index (κ2) is 8.26. The molecule has 3 aromatic rings. The summed E-state index contributed by atoms with van der Waals surface area (Å²) in [4.78, 5) is 27.9. The van der Waals surface area contributed by atoms with Crippen LogP contribution in [-0.4, -0.2) is 21.0 Å². The number of carbonyl (C=O) groups excluding carboxylic acids is 2. The molecule has 0 saturated carbocycles. The van der Waals surface area contributed by atoms with E-state index in [1.54, 1.807) is 13.0 Å². The first-order valence-electron chi connectivity index (χ1n) is 8.79. The van der Waals surface area contributed by atoms with Crippen molar-refractivity contribution >= 4 is 28.4 Å². The number of anilines is 1. The van der Waals surface area contributed by atoms with Crippen LogP contribution in [-0.2, 0) is 17.6 Å². The summed E-state index contributed by atoms with van der Waals surface area (Å²) in [5, 5.41) is 3.09. The standard InChI is InChI=1S/C20H21N3O3S/c1-4-6-14-7-5-8-15(10-14)17-11-16(13(3)26-17)19(25)22-20-21-18(23-27-20)9-12(2)24/h5,7-8,10-11H,4,6,9H2,1-3H3,(H,21,22,23,25). The number of amides is 1. The molecule has 3 rings (SSSR count). The van der Waals surface area contributed by atoms with Crippen LogP contribution >= 0.6 is 11.5 Å². The summed E-state index contributed by atoms with van der Waals surface area (Å²) >= 11 is 1.06. The number of hydrogen-bond donors (Lipinski definition) is 1. The van der Waals surface area contributed by atoms with Crippen molar-refractivity contribution < 1.29 is 14.0 Å². The predicted molar refractivity (Wildman–Crippen MR) is 105 cm³/mol. The molecule has 0 spiro atoms. The van der Waals surface area contributed by atoms with Crippen molar-refractivity contribution in [2.24, 2.45) is 0 Å². The molecule has 0 radical (unpaired) electrons. The van der Waals surface area contributed by atoms with Crippen molar-refractivity contribution in [3.05, 3.63) is 53.0 Å². The highest BCUT2D eigenvalue weighted by molar-refractivity contribution is 7.09. The lowest BCUT2D eigenvalue weighted by Crippen LogP contribution is -2.12. The smallest absolute Gasteiger partial charge is 0.261 e. The first kappa shape index (κ1) is 19.0. The van der Waals surface area contributed by atoms with E-state index < -0.39 is 0 Å². The van der Waals surface area contributed by atoms with Crippen molar-refractivity contribution in [3.8, 4) is 11.3 Å². The molecule has 2 heterocycles. The molecular formula is C20H21N3O3S. The van der Waals surface area contributed by atoms with Gasteiger partial charge in [-0.2, -0.15) is 4.37 Å². The Bertz CT molecular complexity index is 975. The third-order valence-corrected chi connectivity index (χ3v) is 4.68. The minimum atomic E-state index is -0.308. The third-order valence-electron chi connectivity index (χ3n) is 4.01. The van der Waals surface area contributed by atoms with Gasteiger partial charge in [0.15, 0.2) is 5.82 Å². The zero-order valence-corrected chi connectivity index (χ0v) is 16.4. The van der Waals surface area contributed by atoms with E-state index in [-0.39, 0.29) is 18.1 Å². The maximum Gasteiger partial charge on any atom is 0.261 e. The Hall–Kier alpha value is -2.80. The van der Waals surface area contributed by atoms with Crippen LogP contribution in [0.2, 0.25) is 0 Å². The van der Waals surface area contributed by atoms with Gasteiger partial charge in [0.1, 0.15) is 17.3 Å². The predicted octanol–water partition coefficient (Wildman–Crippen LogP) is 4.44. The second-order valence-electron chi connectivity index (χ2n) is 6.38. The minimum Gasteiger partial charge on any atom is -0.461 e. The molecule has 1 N–H and O–H groups in total. The van der Waals surface area contributed by atoms with Gasteiger partial charge in [-0.05, 0) is 38.0 Å². The molecule has 0 saturated heterocycles. The summed E-state index contributed by atoms with van der Waals surface area (Å²) in [5.74, 6) is 1.28. The van der Waals surface area contributed by atoms with E-state index in [0.29, 0.717) is 28.0 Å². The molecule has 0 atom stereocenters. The van der Waals surface area contributed by atoms with Crippen molar-refractivity contribution in [3.63, 3.8) is 0 Å². The molecule has 6 nitrogen and oxygen atoms in total. The van der Waals surface area contributed by atoms with E-state index in [1.807, 2.05) is 12.1 Å². The quantitative estimate of drug-likeness (QED) is 0.652. The van der Waals surface area contributed by atoms with E-state index in [4.69, 9.17) is 4.42 Å². The van der Waals surface area contributed by atoms with Crippen LogP contribution in [0.25, 0.3) is 11.3 Å². The lowest BCUT2D eigenvalue weighted by Gasteiger charge is -2.01. The number of hydrogen-bond acceptors (Lipinski definition) is 6. The number of furan rings is 1. The number of aryl methyl sites for hydroxylation is 2. The summed E-state index contributed by atoms with van der Waals surface area (Å²) in [6.07, 6.45) is 2.23. The molecule has 0 bridgehead atoms. The second-order valence-corrected chi connectivity index (χ2v) is 7.13. The molecule has 2 aromatic heterocycles. The molecule has 1 aromatic carbocycles. The largest absolute Gasteiger partial charge is 0.461 e. The van der Waals surface area contributed by atoms with E-state index >= 15 is 0 Å². The Morgan fingerprint density at radius 1 is 1.26 bits per heavy atom. The number of rotatable bonds is 7. The maximum atomic E-state index is 12.6. The van der Waals surface area contributed by atoms with Crippen molar-refractivity contribution in [2.45, 2.75) is 40.0 Å². The van der Waals surface area contributed by atoms with Crippen LogP contribution in [0.5, 0.6) is 0 Å². The highest BCUT2D eigenvalue weighted by Crippen LogP contribution is 2.27. The van der Waals surface area contributed by atoms with Gasteiger partial charge < -0.3 is 4.42 Å². The molecule has 0 aliphatic rings. The van der Waals surface area contributed by atoms with Crippen LogP contribution in [0.15, 0.2) is 34.7 Å². The van der Waals surface area contributed by atoms with Crippen molar-refractivity contribution in [1.82, 2.24) is 9.36 Å². The van der Waals surface area contributed by atoms with Gasteiger partial charge in [0.25, 0.3) is 5.91 Å². The maximum absolute atomic E-state index is 12.6. The summed E-state index contributed by atoms with van der Waals surface area (Å²) in [7, 11) is 0. The topological polar surface area (TPSA) is 85.1 Å². The first-order chi connectivity index (χ1) is 13.0. The lowest BCUT2D eigenvalue weighted by atomic mass is 10.1. The van der Waals surface area contributed by atoms with Gasteiger partial charge in [0, 0.05) is 17.1 Å². The molecule has 0 aliphatic heterocycles. The first-order valence-corrected chi connectivity index (χ1v) is 9.56. The number of carbonyl (C=O) groups is 2. The van der Waals surface area contributed by atoms with Crippen LogP contribution in [0.3, 0.4) is 0 Å². The molecule has 140 valence electrons. The van der Waals surface area contributed by atoms with Gasteiger partial charge in [0.2, 0.25) is 5.13 Å². The zero-order chi connectivity index (χ0) is 19.4. The van der Waals surface area contributed by atoms with E-state index in [1.165, 1.54) is 12.5 Å². The summed E-state index contributed by atoms with van der Waals surface area (Å²) in [5.41, 5.74) is 2.64. The van der Waals surface area contributed by atoms with Gasteiger partial charge >= 0.3 is 0 Å². The van der Waals surface area contributed by atoms with Gasteiger partial charge in [-0.1, -0.05) is 31.5 Å². The van der Waals surface area contributed by atoms with Gasteiger partial charge in [-0.15, -0.1) is 0 Å². The van der Waals surface area contributed by atoms with Crippen LogP contribution in [0, 0.1) is 6.92 Å². The fraction of sp³-hybridized carbons (Fsp3) is 0.300. The SMILES string of the molecule is CCCc1cccc(-c2cc(C(=O)Nc3nc(CC(C)=O)ns3)c(C)o2)c1. The fourth-order valence-electron chi connectivity index (χ4n) is 2.78. The van der Waals surface area contributed by atoms with Gasteiger partial charge in [0.05, 0.1) is 12.0 Å². The summed E-state index contributed by atoms with van der Waals surface area (Å²) in [6, 6.07) is 9.88. The molecule has 0 fully saturated rings. The van der Waals surface area contributed by atoms with Crippen LogP contribution in [0.4, 0.5) is 5.13 Å². The van der Waals surface area contributed by atoms with E-state index in [9.17, 15) is 9.59 Å². The fourth-order valence-corrected chi connectivity index (χ4v) is 3.36. The third kappa shape index (κ3) is 4.68. The van der Waals surface area contributed by atoms with Crippen molar-refractivity contribution in [1.29, 1.82) is 0 Å². The highest BCUT2D eigenvalue weighted by Gasteiger charge is 2.18. The number of nitrogens with zero attached hydrogens (tertiary/aromatic N) is 2. The summed E-state index contributed by atoms with van der Waals surface area (Å²) in [6.45, 7) is 5.38. The Kier molecular flexibility index (Phi) is 5.81. The van der Waals surface area contributed by atoms with E-state index in [0.717, 1.165) is 29.9 Å². The Balaban J connectivity index is 1.77. The number of benzene rings is 1. The number of nitrogens with one attached hydrogen (secondary N) is 1. The van der Waals surface area contributed by atoms with Crippen molar-refractivity contribution in [2.75, 3.05) is 5.32 Å². The molecule has 7 heteroatoms. The number of ketones is 1. The van der Waals surface area contributed by atoms with Gasteiger partial charge in [-0.3, -0.25) is 14.9 Å². The highest BCUT2D eigenvalue weighted by atomic mass is 32.1. The molecule has 1 amide bonds. The summed E-state index contributed by atoms with van der Waals surface area (Å²) < 4.78 is 9.89. The Morgan fingerprint density at radius 2 is 2.07 bits per heavy atom. The van der Waals surface area contributed by atoms with Crippen LogP contribution in [0.1, 0.15) is 47.8 Å². The average Bonchev–Trinajstić information content (AvgIpc) is 3.21. The number of aromatic nitrogens is 2. The Morgan fingerprint density at radius 3 is 2.81 bits per heavy atom. The molecule has 0 aliphatic carbocycles. The Labute approximate surface area is 161 Å². The van der Waals surface area contributed by atoms with Crippen LogP contribution < -0.4 is 5.32 Å². The average molecular weight is 383 g/mol. The van der Waals surface area contributed by atoms with E-state index in [2.05, 4.69) is 33.7 Å². The molecule has 0 unspecified atom stereocenters.